The number of halogens is 1. The predicted molar refractivity (Wildman–Crippen MR) is 142 cm³/mol. The molecule has 1 aromatic rings. The summed E-state index contributed by atoms with van der Waals surface area (Å²) in [7, 11) is 0. The van der Waals surface area contributed by atoms with Crippen molar-refractivity contribution in [2.24, 2.45) is 25.7 Å². The zero-order chi connectivity index (χ0) is 23.5. The van der Waals surface area contributed by atoms with E-state index in [1.165, 1.54) is 16.7 Å². The molecule has 1 heterocycles. The topological polar surface area (TPSA) is 99.5 Å². The minimum atomic E-state index is 0.210. The Morgan fingerprint density at radius 1 is 1.21 bits per heavy atom. The minimum absolute atomic E-state index is 0.210. The van der Waals surface area contributed by atoms with Crippen molar-refractivity contribution in [3.63, 3.8) is 0 Å². The average Bonchev–Trinajstić information content (AvgIpc) is 3.47. The first-order chi connectivity index (χ1) is 16.2. The van der Waals surface area contributed by atoms with Gasteiger partial charge in [0.25, 0.3) is 0 Å². The smallest absolute Gasteiger partial charge is 0.152 e. The van der Waals surface area contributed by atoms with Gasteiger partial charge in [-0.1, -0.05) is 37.6 Å². The lowest BCUT2D eigenvalue weighted by atomic mass is 10.1. The van der Waals surface area contributed by atoms with Crippen LogP contribution < -0.4 is 16.4 Å². The molecule has 176 valence electrons. The van der Waals surface area contributed by atoms with Gasteiger partial charge in [-0.05, 0) is 55.2 Å². The summed E-state index contributed by atoms with van der Waals surface area (Å²) in [4.78, 5) is 17.9. The van der Waals surface area contributed by atoms with Gasteiger partial charge in [-0.25, -0.2) is 9.98 Å². The monoisotopic (exact) mass is 467 g/mol. The molecule has 1 aromatic carbocycles. The number of fused-ring (bicyclic) bond motifs is 1. The van der Waals surface area contributed by atoms with Gasteiger partial charge in [0.05, 0.1) is 18.3 Å². The molecule has 0 amide bonds. The summed E-state index contributed by atoms with van der Waals surface area (Å²) >= 11 is 5.87. The van der Waals surface area contributed by atoms with Gasteiger partial charge in [0.15, 0.2) is 5.82 Å². The van der Waals surface area contributed by atoms with E-state index < -0.39 is 0 Å². The molecular formula is C25H34ClN7. The van der Waals surface area contributed by atoms with E-state index in [4.69, 9.17) is 22.3 Å². The summed E-state index contributed by atoms with van der Waals surface area (Å²) in [6.45, 7) is 7.87. The number of rotatable bonds is 14. The molecule has 8 heteroatoms. The van der Waals surface area contributed by atoms with Crippen LogP contribution in [0.4, 0.5) is 0 Å². The van der Waals surface area contributed by atoms with Crippen LogP contribution in [-0.4, -0.2) is 49.7 Å². The number of amidine groups is 2. The second-order valence-corrected chi connectivity index (χ2v) is 8.30. The van der Waals surface area contributed by atoms with E-state index in [9.17, 15) is 0 Å². The Morgan fingerprint density at radius 3 is 2.82 bits per heavy atom. The second-order valence-electron chi connectivity index (χ2n) is 8.03. The van der Waals surface area contributed by atoms with Gasteiger partial charge in [0.1, 0.15) is 17.4 Å². The van der Waals surface area contributed by atoms with Crippen LogP contribution in [0.2, 0.25) is 0 Å². The molecule has 0 unspecified atom stereocenters. The molecule has 0 bridgehead atoms. The Balaban J connectivity index is 1.46. The van der Waals surface area contributed by atoms with Crippen LogP contribution in [0.5, 0.6) is 0 Å². The van der Waals surface area contributed by atoms with Crippen LogP contribution in [-0.2, 0) is 6.42 Å². The molecule has 4 N–H and O–H groups in total. The summed E-state index contributed by atoms with van der Waals surface area (Å²) < 4.78 is 0. The molecule has 33 heavy (non-hydrogen) atoms. The van der Waals surface area contributed by atoms with E-state index in [1.807, 2.05) is 0 Å². The number of nitrogens with two attached hydrogens (primary N) is 1. The molecule has 0 saturated carbocycles. The summed E-state index contributed by atoms with van der Waals surface area (Å²) in [5, 5.41) is 6.33. The first-order valence-electron chi connectivity index (χ1n) is 11.6. The molecule has 0 atom stereocenters. The third-order valence-electron chi connectivity index (χ3n) is 5.62. The molecule has 2 aliphatic rings. The molecular weight excluding hydrogens is 434 g/mol. The van der Waals surface area contributed by atoms with Crippen LogP contribution >= 0.6 is 11.6 Å². The molecule has 3 rings (SSSR count). The number of hydrogen-bond donors (Lipinski definition) is 3. The normalized spacial score (nSPS) is 15.9. The van der Waals surface area contributed by atoms with E-state index in [-0.39, 0.29) is 6.00 Å². The minimum Gasteiger partial charge on any atom is -0.382 e. The first-order valence-corrected chi connectivity index (χ1v) is 12.1. The highest BCUT2D eigenvalue weighted by molar-refractivity contribution is 6.18. The quantitative estimate of drug-likeness (QED) is 0.126. The standard InChI is InChI=1S/C25H34ClN7/c1-3-4-12-29-24(27)23(32-17-26)25(28-2)30-13-8-7-11-22-31-16-21(33-22)20-14-18-9-5-6-10-19(18)15-20/h5-6,9-10,14,30,32H,2-4,7-8,11-13,15-17H2,1H3,(H2,27,29)/b25-23+. The van der Waals surface area contributed by atoms with E-state index in [2.05, 4.69) is 69.6 Å². The maximum absolute atomic E-state index is 6.14. The molecule has 1 aliphatic carbocycles. The number of hydrogen-bond acceptors (Lipinski definition) is 6. The number of unbranched alkanes of at least 4 members (excludes halogenated alkanes) is 2. The van der Waals surface area contributed by atoms with Crippen molar-refractivity contribution in [3.8, 4) is 0 Å². The summed E-state index contributed by atoms with van der Waals surface area (Å²) in [5.41, 5.74) is 11.8. The van der Waals surface area contributed by atoms with Gasteiger partial charge < -0.3 is 16.4 Å². The highest BCUT2D eigenvalue weighted by Crippen LogP contribution is 2.26. The summed E-state index contributed by atoms with van der Waals surface area (Å²) in [5.74, 6) is 1.90. The summed E-state index contributed by atoms with van der Waals surface area (Å²) in [6.07, 6.45) is 8.02. The maximum atomic E-state index is 6.14. The van der Waals surface area contributed by atoms with Crippen molar-refractivity contribution in [3.05, 3.63) is 52.5 Å². The van der Waals surface area contributed by atoms with Crippen LogP contribution in [0.1, 0.15) is 50.2 Å². The van der Waals surface area contributed by atoms with Crippen LogP contribution in [0.25, 0.3) is 6.08 Å². The third-order valence-corrected chi connectivity index (χ3v) is 5.75. The lowest BCUT2D eigenvalue weighted by Crippen LogP contribution is -2.31. The van der Waals surface area contributed by atoms with Crippen molar-refractivity contribution in [1.29, 1.82) is 0 Å². The van der Waals surface area contributed by atoms with Crippen LogP contribution in [0.15, 0.2) is 61.3 Å². The Labute approximate surface area is 201 Å². The highest BCUT2D eigenvalue weighted by Gasteiger charge is 2.19. The molecule has 0 saturated heterocycles. The van der Waals surface area contributed by atoms with E-state index >= 15 is 0 Å². The van der Waals surface area contributed by atoms with E-state index in [0.717, 1.165) is 56.6 Å². The lowest BCUT2D eigenvalue weighted by molar-refractivity contribution is 0.681. The van der Waals surface area contributed by atoms with Gasteiger partial charge in [0.2, 0.25) is 0 Å². The number of aliphatic imine (C=N–C) groups is 4. The number of nitrogens with zero attached hydrogens (tertiary/aromatic N) is 4. The molecule has 1 aliphatic heterocycles. The van der Waals surface area contributed by atoms with Crippen molar-refractivity contribution in [2.75, 3.05) is 25.6 Å². The van der Waals surface area contributed by atoms with E-state index in [1.54, 1.807) is 0 Å². The van der Waals surface area contributed by atoms with Crippen molar-refractivity contribution in [2.45, 2.75) is 45.4 Å². The van der Waals surface area contributed by atoms with Gasteiger partial charge in [0, 0.05) is 19.5 Å². The fourth-order valence-electron chi connectivity index (χ4n) is 3.80. The van der Waals surface area contributed by atoms with Crippen LogP contribution in [0, 0.1) is 0 Å². The Hall–Kier alpha value is -2.93. The Morgan fingerprint density at radius 2 is 2.06 bits per heavy atom. The first kappa shape index (κ1) is 24.7. The zero-order valence-electron chi connectivity index (χ0n) is 19.4. The fraction of sp³-hybridized carbons (Fsp3) is 0.440. The SMILES string of the molecule is C=N/C(NCCCCC1=NCC(C2=Cc3ccccc3C2)=N1)=C(\NCCl)C(N)=NCCCC. The van der Waals surface area contributed by atoms with Crippen molar-refractivity contribution < 1.29 is 0 Å². The predicted octanol–water partition coefficient (Wildman–Crippen LogP) is 4.05. The number of benzene rings is 1. The molecule has 0 aromatic heterocycles. The van der Waals surface area contributed by atoms with Crippen LogP contribution in [0.3, 0.4) is 0 Å². The summed E-state index contributed by atoms with van der Waals surface area (Å²) in [6, 6.07) is 8.72. The molecule has 7 nitrogen and oxygen atoms in total. The van der Waals surface area contributed by atoms with Gasteiger partial charge in [-0.2, -0.15) is 0 Å². The van der Waals surface area contributed by atoms with Crippen molar-refractivity contribution >= 4 is 41.8 Å². The Bertz CT molecular complexity index is 988. The van der Waals surface area contributed by atoms with Gasteiger partial charge in [-0.3, -0.25) is 9.98 Å². The zero-order valence-corrected chi connectivity index (χ0v) is 20.2. The lowest BCUT2D eigenvalue weighted by Gasteiger charge is -2.14. The second kappa shape index (κ2) is 12.9. The van der Waals surface area contributed by atoms with Crippen molar-refractivity contribution in [1.82, 2.24) is 10.6 Å². The molecule has 0 fully saturated rings. The largest absolute Gasteiger partial charge is 0.382 e. The van der Waals surface area contributed by atoms with Gasteiger partial charge in [-0.15, -0.1) is 11.6 Å². The average molecular weight is 468 g/mol. The molecule has 0 radical (unpaired) electrons. The number of nitrogens with one attached hydrogen (secondary N) is 2. The fourth-order valence-corrected chi connectivity index (χ4v) is 3.94. The highest BCUT2D eigenvalue weighted by atomic mass is 35.5. The Kier molecular flexibility index (Phi) is 9.69. The number of alkyl halides is 1. The van der Waals surface area contributed by atoms with E-state index in [0.29, 0.717) is 30.4 Å². The molecule has 0 spiro atoms. The maximum Gasteiger partial charge on any atom is 0.152 e. The van der Waals surface area contributed by atoms with Gasteiger partial charge >= 0.3 is 0 Å². The third kappa shape index (κ3) is 7.02.